The maximum absolute atomic E-state index is 13.5. The summed E-state index contributed by atoms with van der Waals surface area (Å²) in [6.07, 6.45) is 0. The van der Waals surface area contributed by atoms with Crippen LogP contribution in [0.5, 0.6) is 0 Å². The third-order valence-corrected chi connectivity index (χ3v) is 5.21. The maximum atomic E-state index is 13.5. The van der Waals surface area contributed by atoms with Crippen molar-refractivity contribution in [1.29, 1.82) is 0 Å². The van der Waals surface area contributed by atoms with Gasteiger partial charge in [-0.3, -0.25) is 9.36 Å². The number of nitrogens with zero attached hydrogens (tertiary/aromatic N) is 2. The van der Waals surface area contributed by atoms with Gasteiger partial charge in [-0.2, -0.15) is 8.78 Å². The molecule has 1 N–H and O–H groups in total. The molecule has 1 aromatic heterocycles. The molecule has 0 radical (unpaired) electrons. The molecule has 0 fully saturated rings. The Labute approximate surface area is 162 Å². The molecule has 0 aliphatic carbocycles. The van der Waals surface area contributed by atoms with Crippen molar-refractivity contribution in [3.63, 3.8) is 0 Å². The molecule has 26 heavy (non-hydrogen) atoms. The standard InChI is InChI=1S/C17H13Cl2F2N3OS/c1-9(15(25)22-12-7-6-10(18)8-11(12)19)26-17-23-13-4-2-3-5-14(13)24(17)16(20)21/h2-9,16H,1H3,(H,22,25). The van der Waals surface area contributed by atoms with Gasteiger partial charge in [0.15, 0.2) is 5.16 Å². The molecule has 0 bridgehead atoms. The van der Waals surface area contributed by atoms with Gasteiger partial charge >= 0.3 is 6.55 Å². The number of halogens is 4. The Kier molecular flexibility index (Phi) is 5.70. The smallest absolute Gasteiger partial charge is 0.321 e. The number of benzene rings is 2. The molecule has 9 heteroatoms. The first-order valence-corrected chi connectivity index (χ1v) is 9.18. The summed E-state index contributed by atoms with van der Waals surface area (Å²) in [5.41, 5.74) is 1.16. The molecule has 1 unspecified atom stereocenters. The van der Waals surface area contributed by atoms with Crippen molar-refractivity contribution in [2.24, 2.45) is 0 Å². The number of carbonyl (C=O) groups excluding carboxylic acids is 1. The van der Waals surface area contributed by atoms with E-state index in [9.17, 15) is 13.6 Å². The van der Waals surface area contributed by atoms with Crippen LogP contribution in [0, 0.1) is 0 Å². The number of imidazole rings is 1. The van der Waals surface area contributed by atoms with Gasteiger partial charge in [-0.05, 0) is 37.3 Å². The summed E-state index contributed by atoms with van der Waals surface area (Å²) in [7, 11) is 0. The average Bonchev–Trinajstić information content (AvgIpc) is 2.95. The van der Waals surface area contributed by atoms with Crippen LogP contribution in [-0.2, 0) is 4.79 Å². The van der Waals surface area contributed by atoms with E-state index in [0.717, 1.165) is 16.3 Å². The van der Waals surface area contributed by atoms with Crippen molar-refractivity contribution in [1.82, 2.24) is 9.55 Å². The summed E-state index contributed by atoms with van der Waals surface area (Å²) in [6.45, 7) is -1.15. The second kappa shape index (κ2) is 7.82. The molecule has 136 valence electrons. The van der Waals surface area contributed by atoms with E-state index in [1.807, 2.05) is 0 Å². The molecule has 1 amide bonds. The summed E-state index contributed by atoms with van der Waals surface area (Å²) in [5, 5.41) is 2.81. The number of nitrogens with one attached hydrogen (secondary N) is 1. The predicted octanol–water partition coefficient (Wildman–Crippen LogP) is 5.86. The van der Waals surface area contributed by atoms with Crippen LogP contribution >= 0.6 is 35.0 Å². The fourth-order valence-electron chi connectivity index (χ4n) is 2.33. The minimum atomic E-state index is -2.76. The third-order valence-electron chi connectivity index (χ3n) is 3.60. The summed E-state index contributed by atoms with van der Waals surface area (Å²) in [5.74, 6) is -0.382. The van der Waals surface area contributed by atoms with Crippen molar-refractivity contribution in [3.8, 4) is 0 Å². The molecule has 0 aliphatic heterocycles. The zero-order valence-corrected chi connectivity index (χ0v) is 15.7. The lowest BCUT2D eigenvalue weighted by molar-refractivity contribution is -0.115. The zero-order chi connectivity index (χ0) is 18.8. The molecule has 4 nitrogen and oxygen atoms in total. The van der Waals surface area contributed by atoms with Gasteiger partial charge in [-0.25, -0.2) is 4.98 Å². The second-order valence-electron chi connectivity index (χ2n) is 5.40. The number of amides is 1. The van der Waals surface area contributed by atoms with Crippen LogP contribution in [-0.4, -0.2) is 20.7 Å². The van der Waals surface area contributed by atoms with E-state index in [-0.39, 0.29) is 11.1 Å². The van der Waals surface area contributed by atoms with Crippen molar-refractivity contribution in [3.05, 3.63) is 52.5 Å². The average molecular weight is 416 g/mol. The molecule has 2 aromatic carbocycles. The molecule has 0 aliphatic rings. The number of aromatic nitrogens is 2. The first kappa shape index (κ1) is 18.9. The number of fused-ring (bicyclic) bond motifs is 1. The molecule has 1 heterocycles. The number of alkyl halides is 2. The largest absolute Gasteiger partial charge is 0.324 e. The molecular formula is C17H13Cl2F2N3OS. The topological polar surface area (TPSA) is 46.9 Å². The van der Waals surface area contributed by atoms with Gasteiger partial charge in [0.05, 0.1) is 27.0 Å². The quantitative estimate of drug-likeness (QED) is 0.530. The van der Waals surface area contributed by atoms with Gasteiger partial charge in [0, 0.05) is 5.02 Å². The van der Waals surface area contributed by atoms with Crippen LogP contribution in [0.1, 0.15) is 13.5 Å². The highest BCUT2D eigenvalue weighted by atomic mass is 35.5. The van der Waals surface area contributed by atoms with Crippen LogP contribution in [0.3, 0.4) is 0 Å². The molecule has 1 atom stereocenters. The van der Waals surface area contributed by atoms with Crippen molar-refractivity contribution < 1.29 is 13.6 Å². The van der Waals surface area contributed by atoms with Crippen LogP contribution in [0.4, 0.5) is 14.5 Å². The van der Waals surface area contributed by atoms with Gasteiger partial charge in [0.25, 0.3) is 0 Å². The van der Waals surface area contributed by atoms with Gasteiger partial charge < -0.3 is 5.32 Å². The Bertz CT molecular complexity index is 964. The summed E-state index contributed by atoms with van der Waals surface area (Å²) >= 11 is 12.8. The highest BCUT2D eigenvalue weighted by Crippen LogP contribution is 2.32. The number of thioether (sulfide) groups is 1. The summed E-state index contributed by atoms with van der Waals surface area (Å²) < 4.78 is 27.7. The molecule has 0 saturated heterocycles. The van der Waals surface area contributed by atoms with Gasteiger partial charge in [-0.1, -0.05) is 47.1 Å². The van der Waals surface area contributed by atoms with Crippen molar-refractivity contribution in [2.45, 2.75) is 23.9 Å². The highest BCUT2D eigenvalue weighted by molar-refractivity contribution is 8.00. The number of rotatable bonds is 5. The van der Waals surface area contributed by atoms with E-state index in [1.54, 1.807) is 43.3 Å². The van der Waals surface area contributed by atoms with Crippen LogP contribution in [0.25, 0.3) is 11.0 Å². The summed E-state index contributed by atoms with van der Waals surface area (Å²) in [4.78, 5) is 16.6. The lowest BCUT2D eigenvalue weighted by Crippen LogP contribution is -2.23. The molecule has 0 spiro atoms. The highest BCUT2D eigenvalue weighted by Gasteiger charge is 2.23. The fourth-order valence-corrected chi connectivity index (χ4v) is 3.71. The molecule has 3 aromatic rings. The molecule has 3 rings (SSSR count). The van der Waals surface area contributed by atoms with Crippen LogP contribution in [0.15, 0.2) is 47.6 Å². The monoisotopic (exact) mass is 415 g/mol. The third kappa shape index (κ3) is 3.95. The number of anilines is 1. The van der Waals surface area contributed by atoms with E-state index in [1.165, 1.54) is 6.07 Å². The maximum Gasteiger partial charge on any atom is 0.321 e. The Hall–Kier alpha value is -1.83. The van der Waals surface area contributed by atoms with Crippen molar-refractivity contribution >= 4 is 57.6 Å². The van der Waals surface area contributed by atoms with E-state index >= 15 is 0 Å². The Morgan fingerprint density at radius 3 is 2.65 bits per heavy atom. The van der Waals surface area contributed by atoms with E-state index in [0.29, 0.717) is 26.8 Å². The van der Waals surface area contributed by atoms with Gasteiger partial charge in [0.1, 0.15) is 0 Å². The Balaban J connectivity index is 1.81. The minimum absolute atomic E-state index is 0.0750. The number of hydrogen-bond donors (Lipinski definition) is 1. The van der Waals surface area contributed by atoms with E-state index in [4.69, 9.17) is 23.2 Å². The van der Waals surface area contributed by atoms with Gasteiger partial charge in [0.2, 0.25) is 5.91 Å². The number of para-hydroxylation sites is 2. The number of hydrogen-bond acceptors (Lipinski definition) is 3. The zero-order valence-electron chi connectivity index (χ0n) is 13.4. The van der Waals surface area contributed by atoms with Gasteiger partial charge in [-0.15, -0.1) is 0 Å². The van der Waals surface area contributed by atoms with E-state index in [2.05, 4.69) is 10.3 Å². The van der Waals surface area contributed by atoms with Crippen LogP contribution < -0.4 is 5.32 Å². The fraction of sp³-hybridized carbons (Fsp3) is 0.176. The lowest BCUT2D eigenvalue weighted by atomic mass is 10.3. The second-order valence-corrected chi connectivity index (χ2v) is 7.56. The van der Waals surface area contributed by atoms with Crippen molar-refractivity contribution in [2.75, 3.05) is 5.32 Å². The number of carbonyl (C=O) groups is 1. The minimum Gasteiger partial charge on any atom is -0.324 e. The first-order valence-electron chi connectivity index (χ1n) is 7.54. The first-order chi connectivity index (χ1) is 12.4. The molecular weight excluding hydrogens is 403 g/mol. The molecule has 0 saturated carbocycles. The Morgan fingerprint density at radius 1 is 1.23 bits per heavy atom. The predicted molar refractivity (Wildman–Crippen MR) is 101 cm³/mol. The summed E-state index contributed by atoms with van der Waals surface area (Å²) in [6, 6.07) is 11.3. The van der Waals surface area contributed by atoms with Crippen LogP contribution in [0.2, 0.25) is 10.0 Å². The SMILES string of the molecule is CC(Sc1nc2ccccc2n1C(F)F)C(=O)Nc1ccc(Cl)cc1Cl. The Morgan fingerprint density at radius 2 is 1.96 bits per heavy atom. The normalized spacial score (nSPS) is 12.5. The lowest BCUT2D eigenvalue weighted by Gasteiger charge is -2.14. The van der Waals surface area contributed by atoms with E-state index < -0.39 is 11.8 Å².